The molecular weight excluding hydrogens is 356 g/mol. The number of aryl methyl sites for hydroxylation is 1. The Bertz CT molecular complexity index is 856. The van der Waals surface area contributed by atoms with Gasteiger partial charge < -0.3 is 14.4 Å². The summed E-state index contributed by atoms with van der Waals surface area (Å²) in [7, 11) is 0. The molecule has 0 N–H and O–H groups in total. The molecule has 146 valence electrons. The number of nitrogens with zero attached hydrogens (tertiary/aromatic N) is 6. The first kappa shape index (κ1) is 18.6. The van der Waals surface area contributed by atoms with Crippen molar-refractivity contribution < 1.29 is 9.47 Å². The zero-order chi connectivity index (χ0) is 19.3. The highest BCUT2D eigenvalue weighted by atomic mass is 16.5. The molecule has 28 heavy (non-hydrogen) atoms. The summed E-state index contributed by atoms with van der Waals surface area (Å²) < 4.78 is 11.2. The number of nitriles is 1. The average molecular weight is 380 g/mol. The molecule has 2 aliphatic heterocycles. The third-order valence-electron chi connectivity index (χ3n) is 5.13. The van der Waals surface area contributed by atoms with Crippen LogP contribution in [0.25, 0.3) is 0 Å². The van der Waals surface area contributed by atoms with E-state index in [1.165, 1.54) is 0 Å². The zero-order valence-corrected chi connectivity index (χ0v) is 16.1. The van der Waals surface area contributed by atoms with Gasteiger partial charge in [0.2, 0.25) is 5.88 Å². The van der Waals surface area contributed by atoms with Crippen LogP contribution in [0.4, 0.5) is 5.82 Å². The Morgan fingerprint density at radius 3 is 2.82 bits per heavy atom. The number of rotatable bonds is 5. The topological polar surface area (TPSA) is 87.4 Å². The maximum Gasteiger partial charge on any atom is 0.233 e. The minimum atomic E-state index is 0.552. The molecule has 0 unspecified atom stereocenters. The Balaban J connectivity index is 1.31. The lowest BCUT2D eigenvalue weighted by Gasteiger charge is -2.36. The molecule has 0 radical (unpaired) electrons. The molecule has 0 bridgehead atoms. The Labute approximate surface area is 164 Å². The van der Waals surface area contributed by atoms with Gasteiger partial charge in [-0.1, -0.05) is 0 Å². The van der Waals surface area contributed by atoms with E-state index in [2.05, 4.69) is 26.1 Å². The van der Waals surface area contributed by atoms with Crippen LogP contribution in [0, 0.1) is 18.3 Å². The molecule has 2 aromatic rings. The van der Waals surface area contributed by atoms with Crippen LogP contribution in [-0.2, 0) is 17.8 Å². The van der Waals surface area contributed by atoms with Crippen LogP contribution >= 0.6 is 0 Å². The van der Waals surface area contributed by atoms with E-state index >= 15 is 0 Å². The van der Waals surface area contributed by atoms with Crippen molar-refractivity contribution in [3.8, 4) is 11.9 Å². The van der Waals surface area contributed by atoms with Gasteiger partial charge in [-0.15, -0.1) is 5.10 Å². The minimum Gasteiger partial charge on any atom is -0.475 e. The van der Waals surface area contributed by atoms with E-state index in [4.69, 9.17) is 14.5 Å². The zero-order valence-electron chi connectivity index (χ0n) is 16.1. The fraction of sp³-hybridized carbons (Fsp3) is 0.500. The SMILES string of the molecule is Cc1ccc(OCCN2CCN(c3nc4c(cc3C#N)COCC4)CC2)nn1. The van der Waals surface area contributed by atoms with Crippen molar-refractivity contribution in [2.24, 2.45) is 0 Å². The maximum atomic E-state index is 9.55. The summed E-state index contributed by atoms with van der Waals surface area (Å²) in [6.07, 6.45) is 0.813. The maximum absolute atomic E-state index is 9.55. The molecule has 0 amide bonds. The van der Waals surface area contributed by atoms with Gasteiger partial charge >= 0.3 is 0 Å². The smallest absolute Gasteiger partial charge is 0.233 e. The van der Waals surface area contributed by atoms with Crippen LogP contribution in [0.3, 0.4) is 0 Å². The third kappa shape index (κ3) is 4.21. The normalized spacial score (nSPS) is 17.1. The van der Waals surface area contributed by atoms with E-state index in [0.29, 0.717) is 31.3 Å². The fourth-order valence-corrected chi connectivity index (χ4v) is 3.52. The first-order valence-corrected chi connectivity index (χ1v) is 9.64. The Kier molecular flexibility index (Phi) is 5.65. The van der Waals surface area contributed by atoms with Gasteiger partial charge in [0.25, 0.3) is 0 Å². The van der Waals surface area contributed by atoms with E-state index in [1.807, 2.05) is 25.1 Å². The van der Waals surface area contributed by atoms with Crippen LogP contribution in [-0.4, -0.2) is 66.0 Å². The number of pyridine rings is 1. The van der Waals surface area contributed by atoms with Gasteiger partial charge in [0.15, 0.2) is 0 Å². The van der Waals surface area contributed by atoms with Gasteiger partial charge in [-0.05, 0) is 19.1 Å². The van der Waals surface area contributed by atoms with Gasteiger partial charge in [-0.3, -0.25) is 4.90 Å². The molecule has 0 aliphatic carbocycles. The lowest BCUT2D eigenvalue weighted by molar-refractivity contribution is 0.109. The lowest BCUT2D eigenvalue weighted by atomic mass is 10.1. The van der Waals surface area contributed by atoms with Crippen molar-refractivity contribution in [1.29, 1.82) is 5.26 Å². The van der Waals surface area contributed by atoms with E-state index in [0.717, 1.165) is 61.9 Å². The van der Waals surface area contributed by atoms with Crippen molar-refractivity contribution in [1.82, 2.24) is 20.1 Å². The lowest BCUT2D eigenvalue weighted by Crippen LogP contribution is -2.48. The molecule has 0 saturated carbocycles. The molecular formula is C20H24N6O2. The number of piperazine rings is 1. The second-order valence-corrected chi connectivity index (χ2v) is 7.07. The van der Waals surface area contributed by atoms with Crippen LogP contribution in [0.15, 0.2) is 18.2 Å². The summed E-state index contributed by atoms with van der Waals surface area (Å²) in [6, 6.07) is 7.99. The van der Waals surface area contributed by atoms with Gasteiger partial charge in [-0.2, -0.15) is 10.4 Å². The molecule has 0 spiro atoms. The van der Waals surface area contributed by atoms with Crippen molar-refractivity contribution in [3.63, 3.8) is 0 Å². The van der Waals surface area contributed by atoms with Crippen molar-refractivity contribution >= 4 is 5.82 Å². The summed E-state index contributed by atoms with van der Waals surface area (Å²) >= 11 is 0. The van der Waals surface area contributed by atoms with Crippen LogP contribution < -0.4 is 9.64 Å². The van der Waals surface area contributed by atoms with Crippen molar-refractivity contribution in [2.75, 3.05) is 50.8 Å². The highest BCUT2D eigenvalue weighted by molar-refractivity contribution is 5.56. The van der Waals surface area contributed by atoms with Gasteiger partial charge in [-0.25, -0.2) is 4.98 Å². The van der Waals surface area contributed by atoms with Gasteiger partial charge in [0, 0.05) is 50.8 Å². The van der Waals surface area contributed by atoms with Gasteiger partial charge in [0.05, 0.1) is 30.2 Å². The highest BCUT2D eigenvalue weighted by Gasteiger charge is 2.23. The summed E-state index contributed by atoms with van der Waals surface area (Å²) in [5.74, 6) is 1.37. The van der Waals surface area contributed by atoms with E-state index < -0.39 is 0 Å². The molecule has 8 nitrogen and oxygen atoms in total. The predicted octanol–water partition coefficient (Wildman–Crippen LogP) is 1.33. The number of ether oxygens (including phenoxy) is 2. The highest BCUT2D eigenvalue weighted by Crippen LogP contribution is 2.25. The van der Waals surface area contributed by atoms with Crippen LogP contribution in [0.2, 0.25) is 0 Å². The van der Waals surface area contributed by atoms with E-state index in [1.54, 1.807) is 0 Å². The average Bonchev–Trinajstić information content (AvgIpc) is 2.74. The standard InChI is InChI=1S/C20H24N6O2/c1-15-2-3-19(24-23-15)28-11-9-25-5-7-26(8-6-25)20-16(13-21)12-17-14-27-10-4-18(17)22-20/h2-3,12H,4-11,14H2,1H3. The van der Waals surface area contributed by atoms with Crippen LogP contribution in [0.1, 0.15) is 22.5 Å². The third-order valence-corrected chi connectivity index (χ3v) is 5.13. The van der Waals surface area contributed by atoms with Crippen LogP contribution in [0.5, 0.6) is 5.88 Å². The number of fused-ring (bicyclic) bond motifs is 1. The molecule has 0 aromatic carbocycles. The minimum absolute atomic E-state index is 0.552. The molecule has 2 aliphatic rings. The molecule has 0 atom stereocenters. The number of anilines is 1. The summed E-state index contributed by atoms with van der Waals surface area (Å²) in [5, 5.41) is 17.6. The number of aromatic nitrogens is 3. The van der Waals surface area contributed by atoms with E-state index in [9.17, 15) is 5.26 Å². The fourth-order valence-electron chi connectivity index (χ4n) is 3.52. The first-order valence-electron chi connectivity index (χ1n) is 9.64. The molecule has 2 aromatic heterocycles. The number of hydrogen-bond acceptors (Lipinski definition) is 8. The second kappa shape index (κ2) is 8.50. The molecule has 8 heteroatoms. The molecule has 4 rings (SSSR count). The summed E-state index contributed by atoms with van der Waals surface area (Å²) in [6.45, 7) is 8.09. The predicted molar refractivity (Wildman–Crippen MR) is 103 cm³/mol. The Morgan fingerprint density at radius 2 is 2.07 bits per heavy atom. The summed E-state index contributed by atoms with van der Waals surface area (Å²) in [5.41, 5.74) is 3.62. The summed E-state index contributed by atoms with van der Waals surface area (Å²) in [4.78, 5) is 9.38. The first-order chi connectivity index (χ1) is 13.7. The van der Waals surface area contributed by atoms with E-state index in [-0.39, 0.29) is 0 Å². The Hall–Kier alpha value is -2.76. The number of hydrogen-bond donors (Lipinski definition) is 0. The van der Waals surface area contributed by atoms with Gasteiger partial charge in [0.1, 0.15) is 18.5 Å². The second-order valence-electron chi connectivity index (χ2n) is 7.07. The monoisotopic (exact) mass is 380 g/mol. The van der Waals surface area contributed by atoms with Crippen molar-refractivity contribution in [3.05, 3.63) is 40.7 Å². The molecule has 4 heterocycles. The van der Waals surface area contributed by atoms with Crippen molar-refractivity contribution in [2.45, 2.75) is 20.0 Å². The molecule has 1 fully saturated rings. The molecule has 1 saturated heterocycles. The quantitative estimate of drug-likeness (QED) is 0.768. The Morgan fingerprint density at radius 1 is 1.21 bits per heavy atom. The largest absolute Gasteiger partial charge is 0.475 e.